The SMILES string of the molecule is CC(NCCN1CCCC1)c1ccsc1. The van der Waals surface area contributed by atoms with Gasteiger partial charge >= 0.3 is 0 Å². The molecule has 0 spiro atoms. The number of thiophene rings is 1. The van der Waals surface area contributed by atoms with E-state index in [0.717, 1.165) is 6.54 Å². The fourth-order valence-electron chi connectivity index (χ4n) is 2.08. The molecule has 0 bridgehead atoms. The summed E-state index contributed by atoms with van der Waals surface area (Å²) in [6, 6.07) is 2.71. The van der Waals surface area contributed by atoms with E-state index in [2.05, 4.69) is 34.0 Å². The summed E-state index contributed by atoms with van der Waals surface area (Å²) in [4.78, 5) is 2.55. The minimum absolute atomic E-state index is 0.499. The van der Waals surface area contributed by atoms with Gasteiger partial charge in [-0.05, 0) is 55.2 Å². The van der Waals surface area contributed by atoms with Gasteiger partial charge < -0.3 is 10.2 Å². The van der Waals surface area contributed by atoms with Crippen LogP contribution in [0.3, 0.4) is 0 Å². The minimum atomic E-state index is 0.499. The molecule has 1 aliphatic heterocycles. The summed E-state index contributed by atoms with van der Waals surface area (Å²) in [5, 5.41) is 7.95. The lowest BCUT2D eigenvalue weighted by atomic mass is 10.2. The summed E-state index contributed by atoms with van der Waals surface area (Å²) in [5.41, 5.74) is 1.42. The standard InChI is InChI=1S/C12H20N2S/c1-11(12-4-9-15-10-12)13-5-8-14-6-2-3-7-14/h4,9-11,13H,2-3,5-8H2,1H3. The molecule has 1 unspecified atom stereocenters. The van der Waals surface area contributed by atoms with E-state index in [0.29, 0.717) is 6.04 Å². The van der Waals surface area contributed by atoms with Crippen molar-refractivity contribution in [3.05, 3.63) is 22.4 Å². The molecule has 1 aromatic rings. The molecule has 1 aliphatic rings. The van der Waals surface area contributed by atoms with Crippen LogP contribution in [0.4, 0.5) is 0 Å². The average Bonchev–Trinajstić information content (AvgIpc) is 2.90. The zero-order chi connectivity index (χ0) is 10.5. The van der Waals surface area contributed by atoms with Crippen LogP contribution in [0.1, 0.15) is 31.4 Å². The summed E-state index contributed by atoms with van der Waals surface area (Å²) < 4.78 is 0. The van der Waals surface area contributed by atoms with Crippen LogP contribution in [-0.2, 0) is 0 Å². The highest BCUT2D eigenvalue weighted by Gasteiger charge is 2.11. The number of rotatable bonds is 5. The van der Waals surface area contributed by atoms with E-state index >= 15 is 0 Å². The zero-order valence-electron chi connectivity index (χ0n) is 9.41. The Bertz CT molecular complexity index is 265. The molecule has 2 nitrogen and oxygen atoms in total. The monoisotopic (exact) mass is 224 g/mol. The van der Waals surface area contributed by atoms with Gasteiger partial charge in [-0.3, -0.25) is 0 Å². The Kier molecular flexibility index (Phi) is 4.18. The topological polar surface area (TPSA) is 15.3 Å². The van der Waals surface area contributed by atoms with Gasteiger partial charge in [0.1, 0.15) is 0 Å². The molecule has 3 heteroatoms. The molecule has 1 saturated heterocycles. The fourth-order valence-corrected chi connectivity index (χ4v) is 2.84. The summed E-state index contributed by atoms with van der Waals surface area (Å²) >= 11 is 1.78. The summed E-state index contributed by atoms with van der Waals surface area (Å²) in [6.07, 6.45) is 2.78. The van der Waals surface area contributed by atoms with Crippen molar-refractivity contribution in [2.45, 2.75) is 25.8 Å². The second-order valence-corrected chi connectivity index (χ2v) is 5.06. The number of hydrogen-bond donors (Lipinski definition) is 1. The molecule has 0 saturated carbocycles. The van der Waals surface area contributed by atoms with E-state index in [-0.39, 0.29) is 0 Å². The van der Waals surface area contributed by atoms with Crippen molar-refractivity contribution in [3.63, 3.8) is 0 Å². The highest BCUT2D eigenvalue weighted by molar-refractivity contribution is 7.07. The maximum absolute atomic E-state index is 3.58. The first-order chi connectivity index (χ1) is 7.36. The lowest BCUT2D eigenvalue weighted by Gasteiger charge is -2.17. The van der Waals surface area contributed by atoms with Crippen molar-refractivity contribution in [1.29, 1.82) is 0 Å². The molecule has 2 heterocycles. The van der Waals surface area contributed by atoms with Crippen molar-refractivity contribution in [2.75, 3.05) is 26.2 Å². The third-order valence-corrected chi connectivity index (χ3v) is 3.82. The Balaban J connectivity index is 1.65. The van der Waals surface area contributed by atoms with Crippen molar-refractivity contribution in [2.24, 2.45) is 0 Å². The van der Waals surface area contributed by atoms with Crippen molar-refractivity contribution >= 4 is 11.3 Å². The molecule has 0 aliphatic carbocycles. The highest BCUT2D eigenvalue weighted by Crippen LogP contribution is 2.15. The molecule has 0 aromatic carbocycles. The summed E-state index contributed by atoms with van der Waals surface area (Å²) in [5.74, 6) is 0. The van der Waals surface area contributed by atoms with Gasteiger partial charge in [0.2, 0.25) is 0 Å². The molecular formula is C12H20N2S. The van der Waals surface area contributed by atoms with Crippen molar-refractivity contribution < 1.29 is 0 Å². The van der Waals surface area contributed by atoms with Crippen LogP contribution in [-0.4, -0.2) is 31.1 Å². The van der Waals surface area contributed by atoms with Crippen molar-refractivity contribution in [1.82, 2.24) is 10.2 Å². The molecule has 84 valence electrons. The van der Waals surface area contributed by atoms with E-state index in [1.165, 1.54) is 38.0 Å². The van der Waals surface area contributed by atoms with E-state index in [1.807, 2.05) is 0 Å². The van der Waals surface area contributed by atoms with Crippen LogP contribution in [0.15, 0.2) is 16.8 Å². The highest BCUT2D eigenvalue weighted by atomic mass is 32.1. The molecule has 1 atom stereocenters. The Morgan fingerprint density at radius 2 is 2.27 bits per heavy atom. The molecule has 0 radical (unpaired) electrons. The van der Waals surface area contributed by atoms with Gasteiger partial charge in [0.25, 0.3) is 0 Å². The lowest BCUT2D eigenvalue weighted by Crippen LogP contribution is -2.31. The van der Waals surface area contributed by atoms with Gasteiger partial charge in [-0.15, -0.1) is 0 Å². The van der Waals surface area contributed by atoms with Crippen LogP contribution in [0, 0.1) is 0 Å². The van der Waals surface area contributed by atoms with Gasteiger partial charge in [-0.2, -0.15) is 11.3 Å². The summed E-state index contributed by atoms with van der Waals surface area (Å²) in [7, 11) is 0. The minimum Gasteiger partial charge on any atom is -0.309 e. The van der Waals surface area contributed by atoms with Crippen LogP contribution < -0.4 is 5.32 Å². The third-order valence-electron chi connectivity index (χ3n) is 3.12. The number of nitrogens with zero attached hydrogens (tertiary/aromatic N) is 1. The quantitative estimate of drug-likeness (QED) is 0.826. The Morgan fingerprint density at radius 3 is 2.93 bits per heavy atom. The van der Waals surface area contributed by atoms with Crippen LogP contribution in [0.25, 0.3) is 0 Å². The predicted molar refractivity (Wildman–Crippen MR) is 66.4 cm³/mol. The fraction of sp³-hybridized carbons (Fsp3) is 0.667. The molecule has 2 rings (SSSR count). The van der Waals surface area contributed by atoms with Gasteiger partial charge in [0.15, 0.2) is 0 Å². The first-order valence-electron chi connectivity index (χ1n) is 5.84. The smallest absolute Gasteiger partial charge is 0.0300 e. The largest absolute Gasteiger partial charge is 0.309 e. The molecule has 1 fully saturated rings. The van der Waals surface area contributed by atoms with Crippen LogP contribution in [0.5, 0.6) is 0 Å². The number of nitrogens with one attached hydrogen (secondary N) is 1. The third kappa shape index (κ3) is 3.30. The molecule has 15 heavy (non-hydrogen) atoms. The maximum atomic E-state index is 3.58. The lowest BCUT2D eigenvalue weighted by molar-refractivity contribution is 0.330. The predicted octanol–water partition coefficient (Wildman–Crippen LogP) is 2.49. The zero-order valence-corrected chi connectivity index (χ0v) is 10.2. The van der Waals surface area contributed by atoms with Gasteiger partial charge in [0, 0.05) is 19.1 Å². The first-order valence-corrected chi connectivity index (χ1v) is 6.78. The van der Waals surface area contributed by atoms with E-state index in [4.69, 9.17) is 0 Å². The van der Waals surface area contributed by atoms with E-state index < -0.39 is 0 Å². The van der Waals surface area contributed by atoms with Crippen molar-refractivity contribution in [3.8, 4) is 0 Å². The Morgan fingerprint density at radius 1 is 1.47 bits per heavy atom. The first kappa shape index (κ1) is 11.1. The molecule has 1 N–H and O–H groups in total. The number of hydrogen-bond acceptors (Lipinski definition) is 3. The molecule has 1 aromatic heterocycles. The van der Waals surface area contributed by atoms with Crippen LogP contribution >= 0.6 is 11.3 Å². The van der Waals surface area contributed by atoms with Gasteiger partial charge in [-0.1, -0.05) is 0 Å². The second-order valence-electron chi connectivity index (χ2n) is 4.28. The average molecular weight is 224 g/mol. The summed E-state index contributed by atoms with van der Waals surface area (Å²) in [6.45, 7) is 7.15. The number of likely N-dealkylation sites (tertiary alicyclic amines) is 1. The van der Waals surface area contributed by atoms with Crippen LogP contribution in [0.2, 0.25) is 0 Å². The normalized spacial score (nSPS) is 19.5. The van der Waals surface area contributed by atoms with E-state index in [9.17, 15) is 0 Å². The van der Waals surface area contributed by atoms with Gasteiger partial charge in [0.05, 0.1) is 0 Å². The van der Waals surface area contributed by atoms with Gasteiger partial charge in [-0.25, -0.2) is 0 Å². The Labute approximate surface area is 96.3 Å². The van der Waals surface area contributed by atoms with E-state index in [1.54, 1.807) is 11.3 Å². The Hall–Kier alpha value is -0.380. The second kappa shape index (κ2) is 5.64. The molecular weight excluding hydrogens is 204 g/mol. The maximum Gasteiger partial charge on any atom is 0.0300 e. The molecule has 0 amide bonds.